The summed E-state index contributed by atoms with van der Waals surface area (Å²) in [5.74, 6) is 0.713. The van der Waals surface area contributed by atoms with Gasteiger partial charge in [0, 0.05) is 19.5 Å². The van der Waals surface area contributed by atoms with Crippen molar-refractivity contribution in [3.05, 3.63) is 58.5 Å². The summed E-state index contributed by atoms with van der Waals surface area (Å²) in [5.41, 5.74) is 0.316. The largest absolute Gasteiger partial charge is 0.444 e. The zero-order chi connectivity index (χ0) is 18.8. The predicted octanol–water partition coefficient (Wildman–Crippen LogP) is 4.33. The Morgan fingerprint density at radius 1 is 1.30 bits per heavy atom. The van der Waals surface area contributed by atoms with Gasteiger partial charge in [-0.1, -0.05) is 17.3 Å². The molecule has 1 amide bonds. The first kappa shape index (κ1) is 17.9. The predicted molar refractivity (Wildman–Crippen MR) is 98.4 cm³/mol. The summed E-state index contributed by atoms with van der Waals surface area (Å²) in [5, 5.41) is 3.89. The standard InChI is InChI=1S/C19H17BrFN3O3/c20-16-8-7-15(26-16)19(25)24-9-3-4-12(11-24)10-17-22-18(23-27-17)13-5-1-2-6-14(13)21/h1-2,5-8,12H,3-4,9-11H2. The molecule has 0 N–H and O–H groups in total. The number of carbonyl (C=O) groups is 1. The first-order valence-corrected chi connectivity index (χ1v) is 9.51. The molecule has 6 nitrogen and oxygen atoms in total. The Kier molecular flexibility index (Phi) is 5.07. The number of nitrogens with zero attached hydrogens (tertiary/aromatic N) is 3. The summed E-state index contributed by atoms with van der Waals surface area (Å²) in [6.07, 6.45) is 2.41. The SMILES string of the molecule is O=C(c1ccc(Br)o1)N1CCCC(Cc2nc(-c3ccccc3F)no2)C1. The fraction of sp³-hybridized carbons (Fsp3) is 0.316. The minimum atomic E-state index is -0.385. The number of carbonyl (C=O) groups excluding carboxylic acids is 1. The van der Waals surface area contributed by atoms with Gasteiger partial charge in [-0.3, -0.25) is 4.79 Å². The van der Waals surface area contributed by atoms with E-state index in [0.717, 1.165) is 12.8 Å². The molecule has 8 heteroatoms. The van der Waals surface area contributed by atoms with E-state index in [4.69, 9.17) is 8.94 Å². The van der Waals surface area contributed by atoms with Crippen molar-refractivity contribution in [3.8, 4) is 11.4 Å². The molecule has 1 atom stereocenters. The summed E-state index contributed by atoms with van der Waals surface area (Å²) in [4.78, 5) is 18.7. The van der Waals surface area contributed by atoms with Crippen LogP contribution < -0.4 is 0 Å². The third-order valence-corrected chi connectivity index (χ3v) is 5.06. The van der Waals surface area contributed by atoms with E-state index in [2.05, 4.69) is 26.1 Å². The topological polar surface area (TPSA) is 72.4 Å². The Labute approximate surface area is 163 Å². The fourth-order valence-electron chi connectivity index (χ4n) is 3.34. The molecule has 0 aliphatic carbocycles. The molecule has 0 radical (unpaired) electrons. The Balaban J connectivity index is 1.43. The number of hydrogen-bond donors (Lipinski definition) is 0. The Hall–Kier alpha value is -2.48. The maximum atomic E-state index is 13.9. The van der Waals surface area contributed by atoms with Crippen LogP contribution in [0.1, 0.15) is 29.3 Å². The monoisotopic (exact) mass is 433 g/mol. The highest BCUT2D eigenvalue weighted by Crippen LogP contribution is 2.25. The Morgan fingerprint density at radius 2 is 2.15 bits per heavy atom. The number of halogens is 2. The number of piperidine rings is 1. The van der Waals surface area contributed by atoms with Crippen molar-refractivity contribution in [1.82, 2.24) is 15.0 Å². The summed E-state index contributed by atoms with van der Waals surface area (Å²) in [7, 11) is 0. The van der Waals surface area contributed by atoms with Crippen LogP contribution in [0, 0.1) is 11.7 Å². The van der Waals surface area contributed by atoms with Gasteiger partial charge in [-0.05, 0) is 59.0 Å². The van der Waals surface area contributed by atoms with Gasteiger partial charge in [0.2, 0.25) is 11.7 Å². The lowest BCUT2D eigenvalue weighted by atomic mass is 9.94. The molecule has 0 spiro atoms. The van der Waals surface area contributed by atoms with Crippen molar-refractivity contribution in [3.63, 3.8) is 0 Å². The first-order valence-electron chi connectivity index (χ1n) is 8.72. The van der Waals surface area contributed by atoms with Crippen LogP contribution in [0.2, 0.25) is 0 Å². The maximum Gasteiger partial charge on any atom is 0.289 e. The minimum absolute atomic E-state index is 0.122. The van der Waals surface area contributed by atoms with Crippen LogP contribution in [0.5, 0.6) is 0 Å². The Morgan fingerprint density at radius 3 is 2.93 bits per heavy atom. The second-order valence-electron chi connectivity index (χ2n) is 6.56. The summed E-state index contributed by atoms with van der Waals surface area (Å²) in [6, 6.07) is 9.69. The zero-order valence-electron chi connectivity index (χ0n) is 14.4. The molecule has 3 aromatic rings. The quantitative estimate of drug-likeness (QED) is 0.612. The fourth-order valence-corrected chi connectivity index (χ4v) is 3.64. The minimum Gasteiger partial charge on any atom is -0.444 e. The van der Waals surface area contributed by atoms with Gasteiger partial charge in [0.15, 0.2) is 10.4 Å². The van der Waals surface area contributed by atoms with Gasteiger partial charge in [-0.2, -0.15) is 4.98 Å². The molecule has 0 bridgehead atoms. The number of furan rings is 1. The van der Waals surface area contributed by atoms with Crippen LogP contribution in [0.4, 0.5) is 4.39 Å². The molecule has 1 aliphatic rings. The second kappa shape index (κ2) is 7.64. The lowest BCUT2D eigenvalue weighted by Gasteiger charge is -2.31. The van der Waals surface area contributed by atoms with Crippen LogP contribution in [-0.2, 0) is 6.42 Å². The molecular weight excluding hydrogens is 417 g/mol. The van der Waals surface area contributed by atoms with Crippen molar-refractivity contribution >= 4 is 21.8 Å². The van der Waals surface area contributed by atoms with Gasteiger partial charge >= 0.3 is 0 Å². The smallest absolute Gasteiger partial charge is 0.289 e. The summed E-state index contributed by atoms with van der Waals surface area (Å²) >= 11 is 3.22. The second-order valence-corrected chi connectivity index (χ2v) is 7.34. The van der Waals surface area contributed by atoms with E-state index in [1.165, 1.54) is 6.07 Å². The molecule has 1 saturated heterocycles. The molecule has 1 aliphatic heterocycles. The van der Waals surface area contributed by atoms with Crippen LogP contribution in [-0.4, -0.2) is 34.0 Å². The first-order chi connectivity index (χ1) is 13.1. The van der Waals surface area contributed by atoms with E-state index < -0.39 is 0 Å². The average molecular weight is 434 g/mol. The highest BCUT2D eigenvalue weighted by Gasteiger charge is 2.27. The number of rotatable bonds is 4. The third kappa shape index (κ3) is 3.95. The molecule has 1 aromatic carbocycles. The van der Waals surface area contributed by atoms with Gasteiger partial charge in [0.1, 0.15) is 5.82 Å². The molecule has 140 valence electrons. The lowest BCUT2D eigenvalue weighted by Crippen LogP contribution is -2.40. The maximum absolute atomic E-state index is 13.9. The van der Waals surface area contributed by atoms with E-state index in [9.17, 15) is 9.18 Å². The van der Waals surface area contributed by atoms with E-state index in [1.54, 1.807) is 35.2 Å². The average Bonchev–Trinajstić information content (AvgIpc) is 3.31. The van der Waals surface area contributed by atoms with Crippen LogP contribution in [0.25, 0.3) is 11.4 Å². The van der Waals surface area contributed by atoms with Crippen molar-refractivity contribution in [2.75, 3.05) is 13.1 Å². The molecule has 1 fully saturated rings. The lowest BCUT2D eigenvalue weighted by molar-refractivity contribution is 0.0635. The van der Waals surface area contributed by atoms with E-state index in [1.807, 2.05) is 0 Å². The number of likely N-dealkylation sites (tertiary alicyclic amines) is 1. The molecule has 2 aromatic heterocycles. The van der Waals surface area contributed by atoms with Crippen LogP contribution in [0.15, 0.2) is 50.0 Å². The number of amides is 1. The van der Waals surface area contributed by atoms with E-state index >= 15 is 0 Å². The molecule has 0 saturated carbocycles. The van der Waals surface area contributed by atoms with Gasteiger partial charge in [-0.15, -0.1) is 0 Å². The van der Waals surface area contributed by atoms with Crippen LogP contribution in [0.3, 0.4) is 0 Å². The van der Waals surface area contributed by atoms with E-state index in [0.29, 0.717) is 41.4 Å². The normalized spacial score (nSPS) is 17.3. The molecule has 3 heterocycles. The zero-order valence-corrected chi connectivity index (χ0v) is 16.0. The molecule has 4 rings (SSSR count). The highest BCUT2D eigenvalue weighted by atomic mass is 79.9. The highest BCUT2D eigenvalue weighted by molar-refractivity contribution is 9.10. The molecular formula is C19H17BrFN3O3. The van der Waals surface area contributed by atoms with Gasteiger partial charge in [0.05, 0.1) is 5.56 Å². The van der Waals surface area contributed by atoms with Gasteiger partial charge in [-0.25, -0.2) is 4.39 Å². The molecule has 27 heavy (non-hydrogen) atoms. The van der Waals surface area contributed by atoms with Crippen LogP contribution >= 0.6 is 15.9 Å². The molecule has 1 unspecified atom stereocenters. The van der Waals surface area contributed by atoms with Crippen molar-refractivity contribution in [2.45, 2.75) is 19.3 Å². The van der Waals surface area contributed by atoms with Gasteiger partial charge in [0.25, 0.3) is 5.91 Å². The van der Waals surface area contributed by atoms with Crippen molar-refractivity contribution < 1.29 is 18.1 Å². The number of hydrogen-bond acceptors (Lipinski definition) is 5. The Bertz CT molecular complexity index is 955. The summed E-state index contributed by atoms with van der Waals surface area (Å²) in [6.45, 7) is 1.28. The van der Waals surface area contributed by atoms with Crippen molar-refractivity contribution in [2.24, 2.45) is 5.92 Å². The third-order valence-electron chi connectivity index (χ3n) is 4.64. The van der Waals surface area contributed by atoms with Crippen molar-refractivity contribution in [1.29, 1.82) is 0 Å². The van der Waals surface area contributed by atoms with E-state index in [-0.39, 0.29) is 23.5 Å². The summed E-state index contributed by atoms with van der Waals surface area (Å²) < 4.78 is 25.1. The number of benzene rings is 1. The van der Waals surface area contributed by atoms with Gasteiger partial charge < -0.3 is 13.8 Å². The number of aromatic nitrogens is 2.